The van der Waals surface area contributed by atoms with Crippen LogP contribution in [0.15, 0.2) is 77.7 Å². The smallest absolute Gasteiger partial charge is 0.261 e. The van der Waals surface area contributed by atoms with Crippen LogP contribution in [0.25, 0.3) is 0 Å². The molecule has 1 N–H and O–H groups in total. The number of aryl methyl sites for hydroxylation is 1. The average molecular weight is 454 g/mol. The quantitative estimate of drug-likeness (QED) is 0.636. The molecule has 32 heavy (non-hydrogen) atoms. The van der Waals surface area contributed by atoms with Gasteiger partial charge in [-0.2, -0.15) is 0 Å². The standard InChI is InChI=1S/C24H24FN3O3S/c1-18-7-12-22(32(30,31)26-20-10-8-19(25)9-11-20)17-23(18)24(29)28-15-13-27(14-16-28)21-5-3-2-4-6-21/h2-12,17,26H,13-16H2,1H3. The third-order valence-corrected chi connectivity index (χ3v) is 6.91. The normalized spacial score (nSPS) is 14.3. The lowest BCUT2D eigenvalue weighted by Crippen LogP contribution is -2.49. The van der Waals surface area contributed by atoms with Crippen LogP contribution in [0, 0.1) is 12.7 Å². The molecule has 0 aromatic heterocycles. The highest BCUT2D eigenvalue weighted by atomic mass is 32.2. The Kier molecular flexibility index (Phi) is 6.14. The monoisotopic (exact) mass is 453 g/mol. The van der Waals surface area contributed by atoms with Crippen molar-refractivity contribution in [3.05, 3.63) is 89.7 Å². The van der Waals surface area contributed by atoms with Crippen LogP contribution in [-0.2, 0) is 10.0 Å². The molecular weight excluding hydrogens is 429 g/mol. The second-order valence-corrected chi connectivity index (χ2v) is 9.39. The Labute approximate surface area is 187 Å². The Balaban J connectivity index is 1.50. The summed E-state index contributed by atoms with van der Waals surface area (Å²) >= 11 is 0. The summed E-state index contributed by atoms with van der Waals surface area (Å²) in [7, 11) is -3.93. The minimum absolute atomic E-state index is 0.0151. The van der Waals surface area contributed by atoms with Crippen LogP contribution in [0.3, 0.4) is 0 Å². The van der Waals surface area contributed by atoms with Crippen LogP contribution in [0.4, 0.5) is 15.8 Å². The van der Waals surface area contributed by atoms with Gasteiger partial charge in [-0.1, -0.05) is 24.3 Å². The fourth-order valence-electron chi connectivity index (χ4n) is 3.71. The van der Waals surface area contributed by atoms with Gasteiger partial charge in [0.1, 0.15) is 5.82 Å². The van der Waals surface area contributed by atoms with Gasteiger partial charge in [-0.3, -0.25) is 9.52 Å². The first-order chi connectivity index (χ1) is 15.3. The van der Waals surface area contributed by atoms with Crippen molar-refractivity contribution in [1.82, 2.24) is 4.90 Å². The minimum atomic E-state index is -3.93. The third kappa shape index (κ3) is 4.75. The second kappa shape index (κ2) is 9.00. The molecule has 6 nitrogen and oxygen atoms in total. The molecule has 8 heteroatoms. The molecule has 0 unspecified atom stereocenters. The summed E-state index contributed by atoms with van der Waals surface area (Å²) in [5.74, 6) is -0.641. The van der Waals surface area contributed by atoms with Gasteiger partial charge >= 0.3 is 0 Å². The van der Waals surface area contributed by atoms with E-state index < -0.39 is 15.8 Å². The molecule has 0 bridgehead atoms. The highest BCUT2D eigenvalue weighted by Gasteiger charge is 2.25. The summed E-state index contributed by atoms with van der Waals surface area (Å²) in [4.78, 5) is 17.2. The van der Waals surface area contributed by atoms with Crippen molar-refractivity contribution in [1.29, 1.82) is 0 Å². The molecule has 1 amide bonds. The summed E-state index contributed by atoms with van der Waals surface area (Å²) in [6.45, 7) is 4.31. The van der Waals surface area contributed by atoms with Gasteiger partial charge in [-0.15, -0.1) is 0 Å². The maximum absolute atomic E-state index is 13.2. The lowest BCUT2D eigenvalue weighted by molar-refractivity contribution is 0.0746. The van der Waals surface area contributed by atoms with Crippen LogP contribution in [0.2, 0.25) is 0 Å². The van der Waals surface area contributed by atoms with Crippen molar-refractivity contribution in [2.75, 3.05) is 35.8 Å². The van der Waals surface area contributed by atoms with E-state index in [9.17, 15) is 17.6 Å². The minimum Gasteiger partial charge on any atom is -0.368 e. The maximum Gasteiger partial charge on any atom is 0.261 e. The predicted octanol–water partition coefficient (Wildman–Crippen LogP) is 3.90. The van der Waals surface area contributed by atoms with Crippen molar-refractivity contribution in [2.24, 2.45) is 0 Å². The molecular formula is C24H24FN3O3S. The second-order valence-electron chi connectivity index (χ2n) is 7.70. The van der Waals surface area contributed by atoms with Crippen molar-refractivity contribution < 1.29 is 17.6 Å². The van der Waals surface area contributed by atoms with Crippen molar-refractivity contribution in [3.63, 3.8) is 0 Å². The summed E-state index contributed by atoms with van der Waals surface area (Å²) in [5, 5.41) is 0. The van der Waals surface area contributed by atoms with Gasteiger partial charge in [0, 0.05) is 43.1 Å². The molecule has 1 fully saturated rings. The molecule has 3 aromatic carbocycles. The number of hydrogen-bond acceptors (Lipinski definition) is 4. The molecule has 1 heterocycles. The summed E-state index contributed by atoms with van der Waals surface area (Å²) in [6.07, 6.45) is 0. The molecule has 166 valence electrons. The van der Waals surface area contributed by atoms with E-state index in [4.69, 9.17) is 0 Å². The Morgan fingerprint density at radius 3 is 2.22 bits per heavy atom. The van der Waals surface area contributed by atoms with Crippen molar-refractivity contribution in [2.45, 2.75) is 11.8 Å². The summed E-state index contributed by atoms with van der Waals surface area (Å²) in [5.41, 5.74) is 2.44. The Morgan fingerprint density at radius 2 is 1.56 bits per heavy atom. The van der Waals surface area contributed by atoms with Gasteiger partial charge in [-0.05, 0) is 61.0 Å². The zero-order chi connectivity index (χ0) is 22.7. The molecule has 1 aliphatic heterocycles. The van der Waals surface area contributed by atoms with Gasteiger partial charge in [-0.25, -0.2) is 12.8 Å². The zero-order valence-corrected chi connectivity index (χ0v) is 18.5. The number of nitrogens with one attached hydrogen (secondary N) is 1. The molecule has 0 aliphatic carbocycles. The fourth-order valence-corrected chi connectivity index (χ4v) is 4.79. The fraction of sp³-hybridized carbons (Fsp3) is 0.208. The molecule has 0 saturated carbocycles. The summed E-state index contributed by atoms with van der Waals surface area (Å²) in [6, 6.07) is 19.6. The van der Waals surface area contributed by atoms with Crippen LogP contribution in [0.5, 0.6) is 0 Å². The van der Waals surface area contributed by atoms with Gasteiger partial charge in [0.05, 0.1) is 4.90 Å². The predicted molar refractivity (Wildman–Crippen MR) is 123 cm³/mol. The van der Waals surface area contributed by atoms with E-state index in [1.54, 1.807) is 17.9 Å². The van der Waals surface area contributed by atoms with E-state index in [2.05, 4.69) is 9.62 Å². The van der Waals surface area contributed by atoms with E-state index >= 15 is 0 Å². The number of piperazine rings is 1. The Bertz CT molecular complexity index is 1210. The number of halogens is 1. The lowest BCUT2D eigenvalue weighted by Gasteiger charge is -2.36. The largest absolute Gasteiger partial charge is 0.368 e. The van der Waals surface area contributed by atoms with E-state index in [1.807, 2.05) is 30.3 Å². The number of sulfonamides is 1. The average Bonchev–Trinajstić information content (AvgIpc) is 2.81. The number of rotatable bonds is 5. The number of para-hydroxylation sites is 1. The molecule has 1 saturated heterocycles. The first-order valence-electron chi connectivity index (χ1n) is 10.3. The van der Waals surface area contributed by atoms with E-state index in [1.165, 1.54) is 36.4 Å². The van der Waals surface area contributed by atoms with Gasteiger partial charge < -0.3 is 9.80 Å². The van der Waals surface area contributed by atoms with Gasteiger partial charge in [0.2, 0.25) is 0 Å². The SMILES string of the molecule is Cc1ccc(S(=O)(=O)Nc2ccc(F)cc2)cc1C(=O)N1CCN(c2ccccc2)CC1. The van der Waals surface area contributed by atoms with E-state index in [-0.39, 0.29) is 16.5 Å². The number of benzene rings is 3. The molecule has 0 atom stereocenters. The van der Waals surface area contributed by atoms with Gasteiger partial charge in [0.25, 0.3) is 15.9 Å². The Hall–Kier alpha value is -3.39. The van der Waals surface area contributed by atoms with Crippen LogP contribution in [-0.4, -0.2) is 45.4 Å². The number of hydrogen-bond donors (Lipinski definition) is 1. The molecule has 0 radical (unpaired) electrons. The third-order valence-electron chi connectivity index (χ3n) is 5.53. The number of nitrogens with zero attached hydrogens (tertiary/aromatic N) is 2. The molecule has 0 spiro atoms. The topological polar surface area (TPSA) is 69.7 Å². The lowest BCUT2D eigenvalue weighted by atomic mass is 10.1. The van der Waals surface area contributed by atoms with Gasteiger partial charge in [0.15, 0.2) is 0 Å². The Morgan fingerprint density at radius 1 is 0.906 bits per heavy atom. The van der Waals surface area contributed by atoms with E-state index in [0.29, 0.717) is 37.3 Å². The number of carbonyl (C=O) groups excluding carboxylic acids is 1. The zero-order valence-electron chi connectivity index (χ0n) is 17.7. The molecule has 3 aromatic rings. The number of anilines is 2. The first-order valence-corrected chi connectivity index (χ1v) is 11.8. The highest BCUT2D eigenvalue weighted by molar-refractivity contribution is 7.92. The first kappa shape index (κ1) is 21.8. The van der Waals surface area contributed by atoms with Crippen molar-refractivity contribution in [3.8, 4) is 0 Å². The van der Waals surface area contributed by atoms with Crippen molar-refractivity contribution >= 4 is 27.3 Å². The van der Waals surface area contributed by atoms with Crippen LogP contribution < -0.4 is 9.62 Å². The molecule has 1 aliphatic rings. The highest BCUT2D eigenvalue weighted by Crippen LogP contribution is 2.22. The van der Waals surface area contributed by atoms with Crippen LogP contribution in [0.1, 0.15) is 15.9 Å². The summed E-state index contributed by atoms with van der Waals surface area (Å²) < 4.78 is 41.2. The molecule has 4 rings (SSSR count). The van der Waals surface area contributed by atoms with Crippen LogP contribution >= 0.6 is 0 Å². The number of carbonyl (C=O) groups is 1. The number of amides is 1. The van der Waals surface area contributed by atoms with E-state index in [0.717, 1.165) is 5.69 Å². The maximum atomic E-state index is 13.2.